The van der Waals surface area contributed by atoms with Gasteiger partial charge in [0.1, 0.15) is 4.88 Å². The molecule has 1 aromatic carbocycles. The number of benzene rings is 1. The van der Waals surface area contributed by atoms with Crippen LogP contribution in [-0.4, -0.2) is 15.8 Å². The third-order valence-corrected chi connectivity index (χ3v) is 3.42. The Balaban J connectivity index is 2.24. The highest BCUT2D eigenvalue weighted by Crippen LogP contribution is 2.24. The largest absolute Gasteiger partial charge is 0.375 e. The van der Waals surface area contributed by atoms with Crippen LogP contribution in [0.2, 0.25) is 0 Å². The number of rotatable bonds is 3. The van der Waals surface area contributed by atoms with Crippen molar-refractivity contribution in [2.75, 3.05) is 11.1 Å². The van der Waals surface area contributed by atoms with Crippen molar-refractivity contribution in [1.82, 2.24) is 4.98 Å². The number of aryl methyl sites for hydroxylation is 1. The smallest absolute Gasteiger partial charge is 0.272 e. The second-order valence-electron chi connectivity index (χ2n) is 3.84. The molecular weight excluding hydrogens is 287 g/mol. The molecule has 0 radical (unpaired) electrons. The Morgan fingerprint density at radius 2 is 2.25 bits per heavy atom. The zero-order chi connectivity index (χ0) is 14.9. The van der Waals surface area contributed by atoms with Crippen molar-refractivity contribution in [1.29, 1.82) is 0 Å². The summed E-state index contributed by atoms with van der Waals surface area (Å²) >= 11 is 0.980. The molecule has 0 atom stereocenters. The summed E-state index contributed by atoms with van der Waals surface area (Å²) in [6.45, 7) is 1.61. The van der Waals surface area contributed by atoms with Crippen LogP contribution in [0.25, 0.3) is 0 Å². The molecule has 2 rings (SSSR count). The van der Waals surface area contributed by atoms with E-state index >= 15 is 0 Å². The molecule has 2 aromatic rings. The Kier molecular flexibility index (Phi) is 3.61. The molecule has 1 aromatic heterocycles. The van der Waals surface area contributed by atoms with Gasteiger partial charge in [0.05, 0.1) is 22.4 Å². The number of nitro benzene ring substituents is 1. The highest BCUT2D eigenvalue weighted by molar-refractivity contribution is 7.17. The van der Waals surface area contributed by atoms with Gasteiger partial charge in [-0.1, -0.05) is 11.3 Å². The summed E-state index contributed by atoms with van der Waals surface area (Å²) in [5.74, 6) is -1.45. The number of nitrogens with two attached hydrogens (primary N) is 1. The molecule has 1 amide bonds. The number of nitrogens with zero attached hydrogens (tertiary/aromatic N) is 2. The zero-order valence-electron chi connectivity index (χ0n) is 10.2. The number of aromatic nitrogens is 1. The molecule has 3 N–H and O–H groups in total. The minimum atomic E-state index is -0.886. The van der Waals surface area contributed by atoms with Crippen molar-refractivity contribution in [3.63, 3.8) is 0 Å². The SMILES string of the molecule is Cc1nc(N)sc1C(=O)Nc1ccc([N+](=O)[O-])cc1F. The first-order chi connectivity index (χ1) is 9.38. The molecule has 0 aliphatic heterocycles. The van der Waals surface area contributed by atoms with Gasteiger partial charge in [-0.3, -0.25) is 14.9 Å². The van der Waals surface area contributed by atoms with Crippen molar-refractivity contribution < 1.29 is 14.1 Å². The molecule has 0 spiro atoms. The lowest BCUT2D eigenvalue weighted by Gasteiger charge is -2.05. The fraction of sp³-hybridized carbons (Fsp3) is 0.0909. The van der Waals surface area contributed by atoms with Gasteiger partial charge in [0, 0.05) is 6.07 Å². The van der Waals surface area contributed by atoms with Crippen LogP contribution in [-0.2, 0) is 0 Å². The predicted octanol–water partition coefficient (Wildman–Crippen LogP) is 2.33. The minimum absolute atomic E-state index is 0.146. The number of nitrogen functional groups attached to an aromatic ring is 1. The topological polar surface area (TPSA) is 111 Å². The number of carbonyl (C=O) groups is 1. The Labute approximate surface area is 116 Å². The van der Waals surface area contributed by atoms with Crippen molar-refractivity contribution in [2.45, 2.75) is 6.92 Å². The predicted molar refractivity (Wildman–Crippen MR) is 72.3 cm³/mol. The number of halogens is 1. The van der Waals surface area contributed by atoms with Gasteiger partial charge < -0.3 is 11.1 Å². The normalized spacial score (nSPS) is 10.3. The Hall–Kier alpha value is -2.55. The first-order valence-electron chi connectivity index (χ1n) is 5.36. The van der Waals surface area contributed by atoms with Gasteiger partial charge in [0.2, 0.25) is 0 Å². The Bertz CT molecular complexity index is 701. The summed E-state index contributed by atoms with van der Waals surface area (Å²) in [4.78, 5) is 25.8. The summed E-state index contributed by atoms with van der Waals surface area (Å²) in [6, 6.07) is 2.97. The van der Waals surface area contributed by atoms with Crippen LogP contribution in [0, 0.1) is 22.9 Å². The van der Waals surface area contributed by atoms with Gasteiger partial charge in [0.15, 0.2) is 10.9 Å². The van der Waals surface area contributed by atoms with E-state index in [4.69, 9.17) is 5.73 Å². The third-order valence-electron chi connectivity index (χ3n) is 2.43. The number of amides is 1. The molecule has 0 fully saturated rings. The fourth-order valence-electron chi connectivity index (χ4n) is 1.53. The first-order valence-corrected chi connectivity index (χ1v) is 6.18. The van der Waals surface area contributed by atoms with Gasteiger partial charge in [-0.05, 0) is 13.0 Å². The maximum absolute atomic E-state index is 13.6. The zero-order valence-corrected chi connectivity index (χ0v) is 11.0. The maximum Gasteiger partial charge on any atom is 0.272 e. The summed E-state index contributed by atoms with van der Waals surface area (Å²) < 4.78 is 13.6. The number of carbonyl (C=O) groups excluding carboxylic acids is 1. The number of thiazole rings is 1. The lowest BCUT2D eigenvalue weighted by molar-refractivity contribution is -0.385. The second-order valence-corrected chi connectivity index (χ2v) is 4.87. The molecule has 0 bridgehead atoms. The maximum atomic E-state index is 13.6. The van der Waals surface area contributed by atoms with Crippen LogP contribution in [0.4, 0.5) is 20.9 Å². The molecule has 104 valence electrons. The van der Waals surface area contributed by atoms with E-state index in [1.807, 2.05) is 0 Å². The Morgan fingerprint density at radius 3 is 2.75 bits per heavy atom. The van der Waals surface area contributed by atoms with Crippen LogP contribution in [0.15, 0.2) is 18.2 Å². The average molecular weight is 296 g/mol. The molecule has 0 unspecified atom stereocenters. The van der Waals surface area contributed by atoms with Crippen LogP contribution in [0.3, 0.4) is 0 Å². The van der Waals surface area contributed by atoms with E-state index in [0.717, 1.165) is 29.5 Å². The summed E-state index contributed by atoms with van der Waals surface area (Å²) in [7, 11) is 0. The molecule has 0 aliphatic rings. The van der Waals surface area contributed by atoms with Gasteiger partial charge in [-0.25, -0.2) is 9.37 Å². The number of hydrogen-bond donors (Lipinski definition) is 2. The molecule has 7 nitrogen and oxygen atoms in total. The average Bonchev–Trinajstić information content (AvgIpc) is 2.70. The van der Waals surface area contributed by atoms with Crippen molar-refractivity contribution >= 4 is 33.8 Å². The van der Waals surface area contributed by atoms with Crippen LogP contribution in [0.1, 0.15) is 15.4 Å². The van der Waals surface area contributed by atoms with Crippen LogP contribution in [0.5, 0.6) is 0 Å². The second kappa shape index (κ2) is 5.21. The van der Waals surface area contributed by atoms with E-state index in [0.29, 0.717) is 5.69 Å². The highest BCUT2D eigenvalue weighted by atomic mass is 32.1. The third kappa shape index (κ3) is 2.72. The fourth-order valence-corrected chi connectivity index (χ4v) is 2.25. The number of nitrogens with one attached hydrogen (secondary N) is 1. The van der Waals surface area contributed by atoms with Gasteiger partial charge in [-0.15, -0.1) is 0 Å². The lowest BCUT2D eigenvalue weighted by atomic mass is 10.2. The van der Waals surface area contributed by atoms with Gasteiger partial charge >= 0.3 is 0 Å². The lowest BCUT2D eigenvalue weighted by Crippen LogP contribution is -2.12. The number of non-ortho nitro benzene ring substituents is 1. The van der Waals surface area contributed by atoms with E-state index in [-0.39, 0.29) is 15.7 Å². The molecule has 0 aliphatic carbocycles. The minimum Gasteiger partial charge on any atom is -0.375 e. The molecule has 0 saturated heterocycles. The number of anilines is 2. The summed E-state index contributed by atoms with van der Waals surface area (Å²) in [5, 5.41) is 13.0. The first kappa shape index (κ1) is 13.9. The van der Waals surface area contributed by atoms with E-state index in [2.05, 4.69) is 10.3 Å². The summed E-state index contributed by atoms with van der Waals surface area (Å²) in [5.41, 5.74) is 5.37. The molecule has 0 saturated carbocycles. The quantitative estimate of drug-likeness (QED) is 0.667. The van der Waals surface area contributed by atoms with Crippen molar-refractivity contribution in [2.24, 2.45) is 0 Å². The van der Waals surface area contributed by atoms with E-state index in [1.54, 1.807) is 6.92 Å². The van der Waals surface area contributed by atoms with Crippen molar-refractivity contribution in [3.05, 3.63) is 44.7 Å². The number of hydrogen-bond acceptors (Lipinski definition) is 6. The monoisotopic (exact) mass is 296 g/mol. The van der Waals surface area contributed by atoms with Gasteiger partial charge in [0.25, 0.3) is 11.6 Å². The number of nitro groups is 1. The highest BCUT2D eigenvalue weighted by Gasteiger charge is 2.17. The van der Waals surface area contributed by atoms with Gasteiger partial charge in [-0.2, -0.15) is 0 Å². The molecule has 9 heteroatoms. The molecule has 1 heterocycles. The standard InChI is InChI=1S/C11H9FN4O3S/c1-5-9(20-11(13)14-5)10(17)15-8-3-2-6(16(18)19)4-7(8)12/h2-4H,1H3,(H2,13,14)(H,15,17). The van der Waals surface area contributed by atoms with E-state index in [1.165, 1.54) is 0 Å². The van der Waals surface area contributed by atoms with Crippen molar-refractivity contribution in [3.8, 4) is 0 Å². The molecule has 20 heavy (non-hydrogen) atoms. The van der Waals surface area contributed by atoms with Crippen LogP contribution < -0.4 is 11.1 Å². The van der Waals surface area contributed by atoms with E-state index in [9.17, 15) is 19.3 Å². The van der Waals surface area contributed by atoms with E-state index < -0.39 is 22.3 Å². The molecular formula is C11H9FN4O3S. The summed E-state index contributed by atoms with van der Waals surface area (Å²) in [6.07, 6.45) is 0. The Morgan fingerprint density at radius 1 is 1.55 bits per heavy atom. The van der Waals surface area contributed by atoms with Crippen LogP contribution >= 0.6 is 11.3 Å².